The molecule has 1 heterocycles. The molecule has 0 radical (unpaired) electrons. The largest absolute Gasteiger partial charge is 0.493 e. The van der Waals surface area contributed by atoms with E-state index in [0.717, 1.165) is 23.4 Å². The summed E-state index contributed by atoms with van der Waals surface area (Å²) in [7, 11) is 3.23. The molecular weight excluding hydrogens is 340 g/mol. The van der Waals surface area contributed by atoms with E-state index >= 15 is 0 Å². The molecule has 0 unspecified atom stereocenters. The summed E-state index contributed by atoms with van der Waals surface area (Å²) < 4.78 is 10.6. The Labute approximate surface area is 159 Å². The molecule has 2 N–H and O–H groups in total. The smallest absolute Gasteiger partial charge is 0.229 e. The Bertz CT molecular complexity index is 928. The number of hydrogen-bond donors (Lipinski definition) is 2. The van der Waals surface area contributed by atoms with Crippen LogP contribution >= 0.6 is 0 Å². The Morgan fingerprint density at radius 1 is 0.963 bits per heavy atom. The van der Waals surface area contributed by atoms with Gasteiger partial charge >= 0.3 is 0 Å². The quantitative estimate of drug-likeness (QED) is 0.624. The van der Waals surface area contributed by atoms with Crippen LogP contribution in [0.5, 0.6) is 11.5 Å². The van der Waals surface area contributed by atoms with Crippen LogP contribution in [-0.4, -0.2) is 24.2 Å². The molecule has 0 aliphatic heterocycles. The van der Waals surface area contributed by atoms with Crippen molar-refractivity contribution in [3.63, 3.8) is 0 Å². The third kappa shape index (κ3) is 4.28. The molecule has 0 aliphatic rings. The Kier molecular flexibility index (Phi) is 5.76. The van der Waals surface area contributed by atoms with Crippen LogP contribution in [0.3, 0.4) is 0 Å². The van der Waals surface area contributed by atoms with Gasteiger partial charge in [0.05, 0.1) is 14.2 Å². The van der Waals surface area contributed by atoms with E-state index in [9.17, 15) is 0 Å². The number of nitrogens with zero attached hydrogens (tertiary/aromatic N) is 2. The Balaban J connectivity index is 1.83. The van der Waals surface area contributed by atoms with Gasteiger partial charge in [0.1, 0.15) is 5.82 Å². The minimum absolute atomic E-state index is 0.546. The van der Waals surface area contributed by atoms with Crippen molar-refractivity contribution in [1.29, 1.82) is 0 Å². The number of hydrogen-bond acceptors (Lipinski definition) is 6. The average molecular weight is 364 g/mol. The summed E-state index contributed by atoms with van der Waals surface area (Å²) in [6, 6.07) is 13.7. The maximum Gasteiger partial charge on any atom is 0.229 e. The minimum atomic E-state index is 0.546. The first-order valence-corrected chi connectivity index (χ1v) is 8.82. The topological polar surface area (TPSA) is 68.3 Å². The molecule has 0 amide bonds. The molecule has 6 heteroatoms. The van der Waals surface area contributed by atoms with E-state index in [1.54, 1.807) is 20.4 Å². The maximum atomic E-state index is 5.35. The van der Waals surface area contributed by atoms with E-state index in [0.29, 0.717) is 23.3 Å². The molecule has 2 aromatic carbocycles. The highest BCUT2D eigenvalue weighted by Gasteiger charge is 2.08. The summed E-state index contributed by atoms with van der Waals surface area (Å²) >= 11 is 0. The predicted octanol–water partition coefficient (Wildman–Crippen LogP) is 4.85. The highest BCUT2D eigenvalue weighted by Crippen LogP contribution is 2.31. The Morgan fingerprint density at radius 3 is 2.52 bits per heavy atom. The molecule has 6 nitrogen and oxygen atoms in total. The second-order valence-electron chi connectivity index (χ2n) is 6.05. The summed E-state index contributed by atoms with van der Waals surface area (Å²) in [6.45, 7) is 4.21. The van der Waals surface area contributed by atoms with Crippen molar-refractivity contribution in [3.8, 4) is 11.5 Å². The number of anilines is 4. The lowest BCUT2D eigenvalue weighted by Crippen LogP contribution is -2.03. The minimum Gasteiger partial charge on any atom is -0.493 e. The number of ether oxygens (including phenoxy) is 2. The molecule has 0 bridgehead atoms. The van der Waals surface area contributed by atoms with Crippen LogP contribution in [0, 0.1) is 6.92 Å². The average Bonchev–Trinajstić information content (AvgIpc) is 2.69. The van der Waals surface area contributed by atoms with Gasteiger partial charge < -0.3 is 20.1 Å². The standard InChI is InChI=1S/C21H24N4O2/c1-5-15-8-6-7-14(2)20(15)25-21-22-12-11-19(24-21)23-16-9-10-17(26-3)18(13-16)27-4/h6-13H,5H2,1-4H3,(H2,22,23,24,25). The van der Waals surface area contributed by atoms with E-state index in [1.165, 1.54) is 5.56 Å². The van der Waals surface area contributed by atoms with Gasteiger partial charge in [-0.25, -0.2) is 4.98 Å². The van der Waals surface area contributed by atoms with Gasteiger partial charge in [-0.15, -0.1) is 0 Å². The molecule has 3 rings (SSSR count). The van der Waals surface area contributed by atoms with E-state index < -0.39 is 0 Å². The Morgan fingerprint density at radius 2 is 1.78 bits per heavy atom. The molecule has 0 saturated carbocycles. The molecule has 0 saturated heterocycles. The third-order valence-corrected chi connectivity index (χ3v) is 4.29. The van der Waals surface area contributed by atoms with Crippen molar-refractivity contribution in [2.45, 2.75) is 20.3 Å². The van der Waals surface area contributed by atoms with Crippen molar-refractivity contribution in [2.24, 2.45) is 0 Å². The first-order chi connectivity index (χ1) is 13.1. The van der Waals surface area contributed by atoms with E-state index in [-0.39, 0.29) is 0 Å². The van der Waals surface area contributed by atoms with E-state index in [1.807, 2.05) is 24.3 Å². The molecular formula is C21H24N4O2. The fourth-order valence-corrected chi connectivity index (χ4v) is 2.86. The zero-order valence-electron chi connectivity index (χ0n) is 16.0. The fourth-order valence-electron chi connectivity index (χ4n) is 2.86. The van der Waals surface area contributed by atoms with Crippen LogP contribution in [0.25, 0.3) is 0 Å². The zero-order valence-corrected chi connectivity index (χ0v) is 16.0. The van der Waals surface area contributed by atoms with Gasteiger partial charge in [-0.05, 0) is 42.7 Å². The molecule has 0 fully saturated rings. The number of benzene rings is 2. The van der Waals surface area contributed by atoms with Gasteiger partial charge in [0.15, 0.2) is 11.5 Å². The molecule has 3 aromatic rings. The van der Waals surface area contributed by atoms with Gasteiger partial charge in [0.2, 0.25) is 5.95 Å². The number of methoxy groups -OCH3 is 2. The lowest BCUT2D eigenvalue weighted by Gasteiger charge is -2.14. The van der Waals surface area contributed by atoms with Crippen molar-refractivity contribution in [1.82, 2.24) is 9.97 Å². The van der Waals surface area contributed by atoms with E-state index in [4.69, 9.17) is 9.47 Å². The van der Waals surface area contributed by atoms with Crippen molar-refractivity contribution >= 4 is 23.1 Å². The zero-order chi connectivity index (χ0) is 19.2. The van der Waals surface area contributed by atoms with Crippen LogP contribution in [-0.2, 0) is 6.42 Å². The maximum absolute atomic E-state index is 5.35. The molecule has 0 aliphatic carbocycles. The second kappa shape index (κ2) is 8.40. The molecule has 0 spiro atoms. The van der Waals surface area contributed by atoms with Gasteiger partial charge in [-0.2, -0.15) is 4.98 Å². The third-order valence-electron chi connectivity index (χ3n) is 4.29. The van der Waals surface area contributed by atoms with Crippen LogP contribution in [0.1, 0.15) is 18.1 Å². The summed E-state index contributed by atoms with van der Waals surface area (Å²) in [5.41, 5.74) is 4.30. The summed E-state index contributed by atoms with van der Waals surface area (Å²) in [5, 5.41) is 6.62. The summed E-state index contributed by atoms with van der Waals surface area (Å²) in [5.74, 6) is 2.57. The number of aryl methyl sites for hydroxylation is 2. The second-order valence-corrected chi connectivity index (χ2v) is 6.05. The molecule has 0 atom stereocenters. The first-order valence-electron chi connectivity index (χ1n) is 8.82. The number of aromatic nitrogens is 2. The van der Waals surface area contributed by atoms with Crippen LogP contribution in [0.2, 0.25) is 0 Å². The highest BCUT2D eigenvalue weighted by molar-refractivity contribution is 5.65. The summed E-state index contributed by atoms with van der Waals surface area (Å²) in [6.07, 6.45) is 2.66. The van der Waals surface area contributed by atoms with Crippen molar-refractivity contribution in [3.05, 3.63) is 59.8 Å². The lowest BCUT2D eigenvalue weighted by atomic mass is 10.1. The van der Waals surface area contributed by atoms with Crippen LogP contribution in [0.4, 0.5) is 23.1 Å². The number of rotatable bonds is 7. The molecule has 140 valence electrons. The van der Waals surface area contributed by atoms with E-state index in [2.05, 4.69) is 52.6 Å². The number of para-hydroxylation sites is 1. The monoisotopic (exact) mass is 364 g/mol. The normalized spacial score (nSPS) is 10.4. The SMILES string of the molecule is CCc1cccc(C)c1Nc1nccc(Nc2ccc(OC)c(OC)c2)n1. The van der Waals surface area contributed by atoms with Gasteiger partial charge in [0.25, 0.3) is 0 Å². The van der Waals surface area contributed by atoms with Gasteiger partial charge in [0, 0.05) is 23.6 Å². The molecule has 27 heavy (non-hydrogen) atoms. The predicted molar refractivity (Wildman–Crippen MR) is 109 cm³/mol. The fraction of sp³-hybridized carbons (Fsp3) is 0.238. The van der Waals surface area contributed by atoms with Gasteiger partial charge in [-0.3, -0.25) is 0 Å². The first kappa shape index (κ1) is 18.5. The summed E-state index contributed by atoms with van der Waals surface area (Å²) in [4.78, 5) is 8.92. The van der Waals surface area contributed by atoms with Crippen molar-refractivity contribution in [2.75, 3.05) is 24.9 Å². The highest BCUT2D eigenvalue weighted by atomic mass is 16.5. The number of nitrogens with one attached hydrogen (secondary N) is 2. The lowest BCUT2D eigenvalue weighted by molar-refractivity contribution is 0.355. The van der Waals surface area contributed by atoms with Crippen LogP contribution < -0.4 is 20.1 Å². The van der Waals surface area contributed by atoms with Gasteiger partial charge in [-0.1, -0.05) is 25.1 Å². The Hall–Kier alpha value is -3.28. The van der Waals surface area contributed by atoms with Crippen LogP contribution in [0.15, 0.2) is 48.7 Å². The van der Waals surface area contributed by atoms with Crippen molar-refractivity contribution < 1.29 is 9.47 Å². The molecule has 1 aromatic heterocycles.